The average Bonchev–Trinajstić information content (AvgIpc) is 2.68. The highest BCUT2D eigenvalue weighted by atomic mass is 32.2. The van der Waals surface area contributed by atoms with Gasteiger partial charge in [0.2, 0.25) is 11.8 Å². The number of nitrogens with one attached hydrogen (secondary N) is 2. The van der Waals surface area contributed by atoms with Crippen LogP contribution in [0.5, 0.6) is 11.5 Å². The van der Waals surface area contributed by atoms with Crippen LogP contribution in [-0.4, -0.2) is 45.5 Å². The number of hydrogen-bond acceptors (Lipinski definition) is 6. The van der Waals surface area contributed by atoms with Gasteiger partial charge in [0.05, 0.1) is 19.9 Å². The molecule has 1 atom stereocenters. The number of carbonyl (C=O) groups excluding carboxylic acids is 2. The summed E-state index contributed by atoms with van der Waals surface area (Å²) in [5.74, 6) is -2.31. The van der Waals surface area contributed by atoms with Crippen LogP contribution in [0.1, 0.15) is 6.92 Å². The largest absolute Gasteiger partial charge is 0.497 e. The van der Waals surface area contributed by atoms with Crippen molar-refractivity contribution in [2.45, 2.75) is 12.2 Å². The van der Waals surface area contributed by atoms with E-state index in [0.717, 1.165) is 12.1 Å². The first kappa shape index (κ1) is 22.2. The predicted molar refractivity (Wildman–Crippen MR) is 106 cm³/mol. The third-order valence-corrected chi connectivity index (χ3v) is 5.99. The van der Waals surface area contributed by atoms with E-state index >= 15 is 0 Å². The van der Waals surface area contributed by atoms with E-state index in [4.69, 9.17) is 9.47 Å². The van der Waals surface area contributed by atoms with Crippen LogP contribution in [0.15, 0.2) is 42.5 Å². The molecule has 156 valence electrons. The van der Waals surface area contributed by atoms with E-state index in [9.17, 15) is 22.4 Å². The van der Waals surface area contributed by atoms with Crippen molar-refractivity contribution in [2.24, 2.45) is 0 Å². The lowest BCUT2D eigenvalue weighted by Gasteiger charge is -2.16. The molecule has 0 aliphatic heterocycles. The summed E-state index contributed by atoms with van der Waals surface area (Å²) < 4.78 is 48.0. The van der Waals surface area contributed by atoms with Crippen molar-refractivity contribution in [1.29, 1.82) is 0 Å². The Morgan fingerprint density at radius 3 is 2.28 bits per heavy atom. The van der Waals surface area contributed by atoms with E-state index in [1.165, 1.54) is 39.3 Å². The topological polar surface area (TPSA) is 111 Å². The molecule has 0 radical (unpaired) electrons. The number of rotatable bonds is 8. The van der Waals surface area contributed by atoms with Crippen molar-refractivity contribution < 1.29 is 31.9 Å². The average molecular weight is 424 g/mol. The normalized spacial score (nSPS) is 12.0. The number of methoxy groups -OCH3 is 2. The highest BCUT2D eigenvalue weighted by Crippen LogP contribution is 2.29. The van der Waals surface area contributed by atoms with Crippen LogP contribution in [0.4, 0.5) is 15.8 Å². The first-order valence-corrected chi connectivity index (χ1v) is 10.2. The molecule has 8 nitrogen and oxygen atoms in total. The van der Waals surface area contributed by atoms with Crippen LogP contribution in [0.3, 0.4) is 0 Å². The Hall–Kier alpha value is -3.14. The van der Waals surface area contributed by atoms with Gasteiger partial charge >= 0.3 is 0 Å². The Morgan fingerprint density at radius 1 is 1.03 bits per heavy atom. The summed E-state index contributed by atoms with van der Waals surface area (Å²) in [5, 5.41) is 3.32. The molecule has 0 bridgehead atoms. The summed E-state index contributed by atoms with van der Waals surface area (Å²) in [4.78, 5) is 24.5. The zero-order valence-corrected chi connectivity index (χ0v) is 16.9. The fraction of sp³-hybridized carbons (Fsp3) is 0.263. The van der Waals surface area contributed by atoms with Gasteiger partial charge in [0.1, 0.15) is 28.3 Å². The van der Waals surface area contributed by atoms with Crippen molar-refractivity contribution in [3.05, 3.63) is 48.3 Å². The number of benzene rings is 2. The fourth-order valence-corrected chi connectivity index (χ4v) is 3.42. The molecular formula is C19H21FN2O6S. The van der Waals surface area contributed by atoms with E-state index in [2.05, 4.69) is 10.6 Å². The van der Waals surface area contributed by atoms with Gasteiger partial charge in [0.25, 0.3) is 0 Å². The fourth-order valence-electron chi connectivity index (χ4n) is 2.35. The Labute approximate surface area is 167 Å². The molecule has 2 aromatic rings. The quantitative estimate of drug-likeness (QED) is 0.672. The molecule has 0 saturated carbocycles. The van der Waals surface area contributed by atoms with Crippen molar-refractivity contribution >= 4 is 33.0 Å². The number of sulfone groups is 1. The summed E-state index contributed by atoms with van der Waals surface area (Å²) in [7, 11) is -1.27. The Bertz CT molecular complexity index is 992. The maximum atomic E-state index is 12.9. The second-order valence-corrected chi connectivity index (χ2v) is 8.38. The minimum absolute atomic E-state index is 0.231. The van der Waals surface area contributed by atoms with Gasteiger partial charge in [-0.2, -0.15) is 0 Å². The third kappa shape index (κ3) is 5.92. The van der Waals surface area contributed by atoms with Gasteiger partial charge in [-0.05, 0) is 43.3 Å². The van der Waals surface area contributed by atoms with Gasteiger partial charge < -0.3 is 20.1 Å². The predicted octanol–water partition coefficient (Wildman–Crippen LogP) is 2.22. The number of carbonyl (C=O) groups is 2. The summed E-state index contributed by atoms with van der Waals surface area (Å²) in [5.41, 5.74) is 0.472. The minimum Gasteiger partial charge on any atom is -0.497 e. The first-order chi connectivity index (χ1) is 13.7. The van der Waals surface area contributed by atoms with Gasteiger partial charge in [-0.15, -0.1) is 0 Å². The lowest BCUT2D eigenvalue weighted by atomic mass is 10.2. The van der Waals surface area contributed by atoms with Gasteiger partial charge in [0.15, 0.2) is 9.84 Å². The lowest BCUT2D eigenvalue weighted by molar-refractivity contribution is -0.115. The molecule has 2 rings (SSSR count). The molecule has 2 N–H and O–H groups in total. The number of ether oxygens (including phenoxy) is 2. The molecule has 29 heavy (non-hydrogen) atoms. The molecule has 0 aromatic heterocycles. The third-order valence-electron chi connectivity index (χ3n) is 4.03. The van der Waals surface area contributed by atoms with Crippen molar-refractivity contribution in [2.75, 3.05) is 30.6 Å². The number of hydrogen-bond donors (Lipinski definition) is 2. The zero-order chi connectivity index (χ0) is 21.6. The van der Waals surface area contributed by atoms with Crippen molar-refractivity contribution in [3.63, 3.8) is 0 Å². The second kappa shape index (κ2) is 9.37. The van der Waals surface area contributed by atoms with Gasteiger partial charge in [-0.3, -0.25) is 9.59 Å². The number of halogens is 1. The monoisotopic (exact) mass is 424 g/mol. The molecule has 0 aliphatic rings. The zero-order valence-electron chi connectivity index (χ0n) is 16.1. The summed E-state index contributed by atoms with van der Waals surface area (Å²) in [6.07, 6.45) is 0. The van der Waals surface area contributed by atoms with E-state index in [-0.39, 0.29) is 11.4 Å². The van der Waals surface area contributed by atoms with E-state index in [1.54, 1.807) is 12.1 Å². The highest BCUT2D eigenvalue weighted by molar-refractivity contribution is 7.93. The van der Waals surface area contributed by atoms with E-state index in [1.807, 2.05) is 0 Å². The molecular weight excluding hydrogens is 403 g/mol. The first-order valence-electron chi connectivity index (χ1n) is 8.46. The highest BCUT2D eigenvalue weighted by Gasteiger charge is 2.31. The molecule has 1 unspecified atom stereocenters. The van der Waals surface area contributed by atoms with Crippen molar-refractivity contribution in [1.82, 2.24) is 0 Å². The van der Waals surface area contributed by atoms with E-state index in [0.29, 0.717) is 11.5 Å². The van der Waals surface area contributed by atoms with Crippen LogP contribution in [0.25, 0.3) is 0 Å². The van der Waals surface area contributed by atoms with Gasteiger partial charge in [-0.1, -0.05) is 0 Å². The standard InChI is InChI=1S/C19H21FN2O6S/c1-12(19(24)22-16-10-15(27-2)8-9-17(16)28-3)29(25,26)11-18(23)21-14-6-4-13(20)5-7-14/h4-10,12H,11H2,1-3H3,(H,21,23)(H,22,24). The molecule has 10 heteroatoms. The molecule has 0 fully saturated rings. The van der Waals surface area contributed by atoms with E-state index < -0.39 is 38.5 Å². The minimum atomic E-state index is -4.11. The molecule has 2 aromatic carbocycles. The maximum absolute atomic E-state index is 12.9. The van der Waals surface area contributed by atoms with Crippen LogP contribution in [0.2, 0.25) is 0 Å². The maximum Gasteiger partial charge on any atom is 0.242 e. The van der Waals surface area contributed by atoms with Gasteiger partial charge in [0, 0.05) is 11.8 Å². The van der Waals surface area contributed by atoms with Crippen LogP contribution < -0.4 is 20.1 Å². The number of amides is 2. The lowest BCUT2D eigenvalue weighted by Crippen LogP contribution is -2.37. The van der Waals surface area contributed by atoms with Crippen LogP contribution in [-0.2, 0) is 19.4 Å². The van der Waals surface area contributed by atoms with Crippen molar-refractivity contribution in [3.8, 4) is 11.5 Å². The summed E-state index contributed by atoms with van der Waals surface area (Å²) in [6, 6.07) is 9.51. The SMILES string of the molecule is COc1ccc(OC)c(NC(=O)C(C)S(=O)(=O)CC(=O)Nc2ccc(F)cc2)c1. The Morgan fingerprint density at radius 2 is 1.69 bits per heavy atom. The summed E-state index contributed by atoms with van der Waals surface area (Å²) in [6.45, 7) is 1.18. The molecule has 0 aliphatic carbocycles. The molecule has 0 spiro atoms. The smallest absolute Gasteiger partial charge is 0.242 e. The Kier molecular flexibility index (Phi) is 7.16. The van der Waals surface area contributed by atoms with Crippen LogP contribution >= 0.6 is 0 Å². The molecule has 2 amide bonds. The second-order valence-electron chi connectivity index (χ2n) is 6.06. The molecule has 0 heterocycles. The summed E-state index contributed by atoms with van der Waals surface area (Å²) >= 11 is 0. The van der Waals surface area contributed by atoms with Crippen LogP contribution in [0, 0.1) is 5.82 Å². The molecule has 0 saturated heterocycles. The number of anilines is 2. The van der Waals surface area contributed by atoms with Gasteiger partial charge in [-0.25, -0.2) is 12.8 Å². The Balaban J connectivity index is 2.07.